The summed E-state index contributed by atoms with van der Waals surface area (Å²) >= 11 is 0. The molecular formula is C21H28N4O5. The molecule has 0 bridgehead atoms. The summed E-state index contributed by atoms with van der Waals surface area (Å²) in [5, 5.41) is 14.8. The van der Waals surface area contributed by atoms with E-state index in [1.165, 1.54) is 9.80 Å². The first-order chi connectivity index (χ1) is 14.3. The van der Waals surface area contributed by atoms with Crippen LogP contribution in [0.3, 0.4) is 0 Å². The maximum absolute atomic E-state index is 13.0. The number of hydrogen-bond acceptors (Lipinski definition) is 4. The number of hydrogen-bond donors (Lipinski definition) is 3. The average molecular weight is 416 g/mol. The highest BCUT2D eigenvalue weighted by Crippen LogP contribution is 2.27. The van der Waals surface area contributed by atoms with Crippen LogP contribution in [0.1, 0.15) is 38.7 Å². The van der Waals surface area contributed by atoms with Crippen LogP contribution in [0.25, 0.3) is 0 Å². The summed E-state index contributed by atoms with van der Waals surface area (Å²) in [5.74, 6) is -1.82. The molecule has 0 aromatic heterocycles. The number of urea groups is 1. The van der Waals surface area contributed by atoms with E-state index in [-0.39, 0.29) is 24.9 Å². The number of carbonyl (C=O) groups is 4. The number of amides is 4. The molecule has 2 aliphatic heterocycles. The molecule has 0 unspecified atom stereocenters. The van der Waals surface area contributed by atoms with Crippen molar-refractivity contribution in [2.45, 2.75) is 51.7 Å². The SMILES string of the molecule is CC[C@H](C)[C@H]1C(=O)Nc2ccccc2CN1C(=O)NCC(=O)N1CCC[C@H]1C(=O)O. The van der Waals surface area contributed by atoms with E-state index < -0.39 is 30.0 Å². The Morgan fingerprint density at radius 1 is 1.27 bits per heavy atom. The molecule has 30 heavy (non-hydrogen) atoms. The van der Waals surface area contributed by atoms with Crippen LogP contribution in [0, 0.1) is 5.92 Å². The molecule has 2 heterocycles. The first-order valence-corrected chi connectivity index (χ1v) is 10.3. The molecule has 1 saturated heterocycles. The summed E-state index contributed by atoms with van der Waals surface area (Å²) in [4.78, 5) is 52.5. The maximum atomic E-state index is 13.0. The van der Waals surface area contributed by atoms with Gasteiger partial charge in [0.25, 0.3) is 0 Å². The molecule has 0 spiro atoms. The Morgan fingerprint density at radius 2 is 2.00 bits per heavy atom. The number of likely N-dealkylation sites (tertiary alicyclic amines) is 1. The molecule has 2 aliphatic rings. The van der Waals surface area contributed by atoms with E-state index in [2.05, 4.69) is 10.6 Å². The maximum Gasteiger partial charge on any atom is 0.326 e. The van der Waals surface area contributed by atoms with Gasteiger partial charge in [-0.1, -0.05) is 38.5 Å². The summed E-state index contributed by atoms with van der Waals surface area (Å²) in [7, 11) is 0. The third-order valence-electron chi connectivity index (χ3n) is 5.91. The van der Waals surface area contributed by atoms with Crippen LogP contribution in [-0.2, 0) is 20.9 Å². The first-order valence-electron chi connectivity index (χ1n) is 10.3. The predicted octanol–water partition coefficient (Wildman–Crippen LogP) is 1.64. The van der Waals surface area contributed by atoms with E-state index in [4.69, 9.17) is 0 Å². The van der Waals surface area contributed by atoms with Crippen LogP contribution < -0.4 is 10.6 Å². The summed E-state index contributed by atoms with van der Waals surface area (Å²) < 4.78 is 0. The van der Waals surface area contributed by atoms with E-state index in [0.29, 0.717) is 31.5 Å². The van der Waals surface area contributed by atoms with Crippen LogP contribution in [0.4, 0.5) is 10.5 Å². The highest BCUT2D eigenvalue weighted by molar-refractivity contribution is 5.99. The molecule has 3 rings (SSSR count). The minimum Gasteiger partial charge on any atom is -0.480 e. The number of benzene rings is 1. The smallest absolute Gasteiger partial charge is 0.326 e. The molecule has 4 amide bonds. The zero-order chi connectivity index (χ0) is 21.8. The van der Waals surface area contributed by atoms with Gasteiger partial charge in [0.05, 0.1) is 13.1 Å². The molecule has 0 radical (unpaired) electrons. The minimum absolute atomic E-state index is 0.0873. The number of para-hydroxylation sites is 1. The van der Waals surface area contributed by atoms with Crippen molar-refractivity contribution < 1.29 is 24.3 Å². The van der Waals surface area contributed by atoms with Crippen molar-refractivity contribution >= 4 is 29.5 Å². The van der Waals surface area contributed by atoms with Gasteiger partial charge in [-0.2, -0.15) is 0 Å². The molecule has 9 nitrogen and oxygen atoms in total. The summed E-state index contributed by atoms with van der Waals surface area (Å²) in [6.45, 7) is 4.14. The van der Waals surface area contributed by atoms with Crippen LogP contribution in [0.5, 0.6) is 0 Å². The van der Waals surface area contributed by atoms with Gasteiger partial charge in [0.15, 0.2) is 0 Å². The van der Waals surface area contributed by atoms with Crippen molar-refractivity contribution in [2.75, 3.05) is 18.4 Å². The largest absolute Gasteiger partial charge is 0.480 e. The molecule has 3 N–H and O–H groups in total. The van der Waals surface area contributed by atoms with E-state index in [9.17, 15) is 24.3 Å². The Kier molecular flexibility index (Phi) is 6.59. The van der Waals surface area contributed by atoms with Crippen molar-refractivity contribution in [3.63, 3.8) is 0 Å². The number of carboxylic acid groups (broad SMARTS) is 1. The van der Waals surface area contributed by atoms with Crippen molar-refractivity contribution in [3.8, 4) is 0 Å². The Morgan fingerprint density at radius 3 is 2.70 bits per heavy atom. The number of carboxylic acids is 1. The summed E-state index contributed by atoms with van der Waals surface area (Å²) in [5.41, 5.74) is 1.48. The predicted molar refractivity (Wildman–Crippen MR) is 110 cm³/mol. The number of carbonyl (C=O) groups excluding carboxylic acids is 3. The van der Waals surface area contributed by atoms with E-state index >= 15 is 0 Å². The molecule has 0 aliphatic carbocycles. The fourth-order valence-corrected chi connectivity index (χ4v) is 4.07. The van der Waals surface area contributed by atoms with Crippen molar-refractivity contribution in [2.24, 2.45) is 5.92 Å². The van der Waals surface area contributed by atoms with Crippen LogP contribution in [0.15, 0.2) is 24.3 Å². The number of nitrogens with zero attached hydrogens (tertiary/aromatic N) is 2. The van der Waals surface area contributed by atoms with Gasteiger partial charge in [0.2, 0.25) is 11.8 Å². The molecule has 1 aromatic carbocycles. The first kappa shape index (κ1) is 21.6. The number of nitrogens with one attached hydrogen (secondary N) is 2. The van der Waals surface area contributed by atoms with Gasteiger partial charge in [0.1, 0.15) is 12.1 Å². The fourth-order valence-electron chi connectivity index (χ4n) is 4.07. The molecule has 1 aromatic rings. The van der Waals surface area contributed by atoms with Crippen LogP contribution in [-0.4, -0.2) is 63.9 Å². The number of fused-ring (bicyclic) bond motifs is 1. The Labute approximate surface area is 175 Å². The zero-order valence-corrected chi connectivity index (χ0v) is 17.3. The third-order valence-corrected chi connectivity index (χ3v) is 5.91. The van der Waals surface area contributed by atoms with Gasteiger partial charge >= 0.3 is 12.0 Å². The van der Waals surface area contributed by atoms with E-state index in [1.54, 1.807) is 6.07 Å². The summed E-state index contributed by atoms with van der Waals surface area (Å²) in [6, 6.07) is 5.25. The van der Waals surface area contributed by atoms with Crippen molar-refractivity contribution in [1.29, 1.82) is 0 Å². The Hall–Kier alpha value is -3.10. The highest BCUT2D eigenvalue weighted by atomic mass is 16.4. The third kappa shape index (κ3) is 4.39. The molecule has 162 valence electrons. The average Bonchev–Trinajstić information content (AvgIpc) is 3.17. The van der Waals surface area contributed by atoms with E-state index in [0.717, 1.165) is 5.56 Å². The van der Waals surface area contributed by atoms with Crippen LogP contribution in [0.2, 0.25) is 0 Å². The lowest BCUT2D eigenvalue weighted by atomic mass is 9.97. The topological polar surface area (TPSA) is 119 Å². The Balaban J connectivity index is 1.75. The normalized spacial score (nSPS) is 22.0. The lowest BCUT2D eigenvalue weighted by molar-refractivity contribution is -0.147. The van der Waals surface area contributed by atoms with Gasteiger partial charge in [0, 0.05) is 12.2 Å². The summed E-state index contributed by atoms with van der Waals surface area (Å²) in [6.07, 6.45) is 1.73. The molecule has 9 heteroatoms. The van der Waals surface area contributed by atoms with Gasteiger partial charge < -0.3 is 25.5 Å². The van der Waals surface area contributed by atoms with Crippen LogP contribution >= 0.6 is 0 Å². The number of aliphatic carboxylic acids is 1. The number of rotatable bonds is 5. The monoisotopic (exact) mass is 416 g/mol. The lowest BCUT2D eigenvalue weighted by Crippen LogP contribution is -2.54. The second kappa shape index (κ2) is 9.15. The minimum atomic E-state index is -1.04. The fraction of sp³-hybridized carbons (Fsp3) is 0.524. The lowest BCUT2D eigenvalue weighted by Gasteiger charge is -2.32. The molecular weight excluding hydrogens is 388 g/mol. The van der Waals surface area contributed by atoms with Crippen molar-refractivity contribution in [3.05, 3.63) is 29.8 Å². The van der Waals surface area contributed by atoms with Gasteiger partial charge in [-0.15, -0.1) is 0 Å². The van der Waals surface area contributed by atoms with E-state index in [1.807, 2.05) is 32.0 Å². The van der Waals surface area contributed by atoms with Gasteiger partial charge in [-0.05, 0) is 30.4 Å². The van der Waals surface area contributed by atoms with Gasteiger partial charge in [-0.25, -0.2) is 9.59 Å². The second-order valence-corrected chi connectivity index (χ2v) is 7.85. The quantitative estimate of drug-likeness (QED) is 0.674. The number of anilines is 1. The standard InChI is InChI=1S/C21H28N4O5/c1-3-13(2)18-19(27)23-15-8-5-4-7-14(15)12-25(18)21(30)22-11-17(26)24-10-6-9-16(24)20(28)29/h4-5,7-8,13,16,18H,3,6,9-12H2,1-2H3,(H,22,30)(H,23,27)(H,28,29)/t13-,16-,18-/m0/s1. The Bertz CT molecular complexity index is 842. The molecule has 0 saturated carbocycles. The highest BCUT2D eigenvalue weighted by Gasteiger charge is 2.38. The molecule has 1 fully saturated rings. The molecule has 3 atom stereocenters. The second-order valence-electron chi connectivity index (χ2n) is 7.85. The zero-order valence-electron chi connectivity index (χ0n) is 17.3. The van der Waals surface area contributed by atoms with Crippen molar-refractivity contribution in [1.82, 2.24) is 15.1 Å². The van der Waals surface area contributed by atoms with Gasteiger partial charge in [-0.3, -0.25) is 9.59 Å².